The van der Waals surface area contributed by atoms with Crippen LogP contribution in [0.25, 0.3) is 5.65 Å². The normalized spacial score (nSPS) is 14.9. The maximum absolute atomic E-state index is 12.2. The number of morpholine rings is 1. The average molecular weight is 372 g/mol. The van der Waals surface area contributed by atoms with Crippen molar-refractivity contribution in [3.8, 4) is 0 Å². The Balaban J connectivity index is 1.54. The smallest absolute Gasteiger partial charge is 0.258 e. The molecule has 0 saturated carbocycles. The predicted molar refractivity (Wildman–Crippen MR) is 99.8 cm³/mol. The molecule has 0 aromatic carbocycles. The second-order valence-electron chi connectivity index (χ2n) is 5.93. The van der Waals surface area contributed by atoms with E-state index in [9.17, 15) is 4.79 Å². The largest absolute Gasteiger partial charge is 0.378 e. The van der Waals surface area contributed by atoms with E-state index >= 15 is 0 Å². The third kappa shape index (κ3) is 3.32. The molecule has 0 bridgehead atoms. The molecule has 0 spiro atoms. The molecule has 4 rings (SSSR count). The SMILES string of the molecule is CCn1c(SCc2cc(=O)n3ccccc3n2)nnc1N1CCOCC1. The van der Waals surface area contributed by atoms with E-state index in [4.69, 9.17) is 4.74 Å². The number of pyridine rings is 1. The molecule has 0 amide bonds. The van der Waals surface area contributed by atoms with E-state index < -0.39 is 0 Å². The third-order valence-electron chi connectivity index (χ3n) is 4.28. The van der Waals surface area contributed by atoms with Crippen LogP contribution in [0.2, 0.25) is 0 Å². The average Bonchev–Trinajstić information content (AvgIpc) is 3.10. The minimum absolute atomic E-state index is 0.0721. The van der Waals surface area contributed by atoms with Gasteiger partial charge in [-0.3, -0.25) is 13.8 Å². The Kier molecular flexibility index (Phi) is 4.89. The first kappa shape index (κ1) is 17.0. The number of fused-ring (bicyclic) bond motifs is 1. The Morgan fingerprint density at radius 2 is 2.08 bits per heavy atom. The monoisotopic (exact) mass is 372 g/mol. The van der Waals surface area contributed by atoms with Gasteiger partial charge in [0.25, 0.3) is 5.56 Å². The molecule has 3 aromatic rings. The van der Waals surface area contributed by atoms with Gasteiger partial charge in [-0.25, -0.2) is 4.98 Å². The molecule has 0 atom stereocenters. The van der Waals surface area contributed by atoms with E-state index in [-0.39, 0.29) is 5.56 Å². The molecular weight excluding hydrogens is 352 g/mol. The molecule has 0 N–H and O–H groups in total. The summed E-state index contributed by atoms with van der Waals surface area (Å²) in [6, 6.07) is 7.11. The Bertz CT molecular complexity index is 963. The molecule has 1 saturated heterocycles. The van der Waals surface area contributed by atoms with Gasteiger partial charge < -0.3 is 9.64 Å². The number of hydrogen-bond acceptors (Lipinski definition) is 7. The van der Waals surface area contributed by atoms with Crippen LogP contribution in [0, 0.1) is 0 Å². The number of nitrogens with zero attached hydrogens (tertiary/aromatic N) is 6. The summed E-state index contributed by atoms with van der Waals surface area (Å²) in [4.78, 5) is 19.0. The molecule has 8 nitrogen and oxygen atoms in total. The van der Waals surface area contributed by atoms with Gasteiger partial charge in [0.1, 0.15) is 5.65 Å². The lowest BCUT2D eigenvalue weighted by Gasteiger charge is -2.27. The highest BCUT2D eigenvalue weighted by Gasteiger charge is 2.20. The van der Waals surface area contributed by atoms with E-state index in [2.05, 4.69) is 31.6 Å². The number of hydrogen-bond donors (Lipinski definition) is 0. The summed E-state index contributed by atoms with van der Waals surface area (Å²) >= 11 is 1.55. The highest BCUT2D eigenvalue weighted by molar-refractivity contribution is 7.98. The van der Waals surface area contributed by atoms with Gasteiger partial charge in [0.15, 0.2) is 5.16 Å². The first-order chi connectivity index (χ1) is 12.8. The molecule has 3 aromatic heterocycles. The lowest BCUT2D eigenvalue weighted by atomic mass is 10.4. The molecule has 9 heteroatoms. The van der Waals surface area contributed by atoms with Crippen molar-refractivity contribution in [2.45, 2.75) is 24.4 Å². The standard InChI is InChI=1S/C17H20N6O2S/c1-2-22-16(21-7-9-25-10-8-21)19-20-17(22)26-12-13-11-15(24)23-6-4-3-5-14(23)18-13/h3-6,11H,2,7-10,12H2,1H3. The van der Waals surface area contributed by atoms with Gasteiger partial charge in [-0.15, -0.1) is 10.2 Å². The molecule has 26 heavy (non-hydrogen) atoms. The van der Waals surface area contributed by atoms with Gasteiger partial charge in [-0.2, -0.15) is 0 Å². The fourth-order valence-electron chi connectivity index (χ4n) is 2.98. The van der Waals surface area contributed by atoms with Crippen molar-refractivity contribution in [3.05, 3.63) is 46.5 Å². The molecule has 1 fully saturated rings. The Morgan fingerprint density at radius 1 is 1.23 bits per heavy atom. The lowest BCUT2D eigenvalue weighted by Crippen LogP contribution is -2.38. The minimum atomic E-state index is -0.0721. The number of aromatic nitrogens is 5. The Labute approximate surface area is 154 Å². The predicted octanol–water partition coefficient (Wildman–Crippen LogP) is 1.43. The lowest BCUT2D eigenvalue weighted by molar-refractivity contribution is 0.121. The molecule has 4 heterocycles. The van der Waals surface area contributed by atoms with Gasteiger partial charge in [0.05, 0.1) is 18.9 Å². The summed E-state index contributed by atoms with van der Waals surface area (Å²) in [7, 11) is 0. The zero-order valence-electron chi connectivity index (χ0n) is 14.5. The van der Waals surface area contributed by atoms with E-state index in [1.807, 2.05) is 18.2 Å². The topological polar surface area (TPSA) is 77.5 Å². The van der Waals surface area contributed by atoms with Gasteiger partial charge in [0.2, 0.25) is 5.95 Å². The van der Waals surface area contributed by atoms with Crippen molar-refractivity contribution < 1.29 is 4.74 Å². The van der Waals surface area contributed by atoms with E-state index in [1.54, 1.807) is 28.4 Å². The summed E-state index contributed by atoms with van der Waals surface area (Å²) in [6.07, 6.45) is 1.73. The third-order valence-corrected chi connectivity index (χ3v) is 5.28. The number of rotatable bonds is 5. The molecule has 0 aliphatic carbocycles. The Hall–Kier alpha value is -2.39. The maximum atomic E-state index is 12.2. The number of ether oxygens (including phenoxy) is 1. The fourth-order valence-corrected chi connectivity index (χ4v) is 3.87. The summed E-state index contributed by atoms with van der Waals surface area (Å²) in [6.45, 7) is 5.94. The van der Waals surface area contributed by atoms with Crippen molar-refractivity contribution >= 4 is 23.4 Å². The highest BCUT2D eigenvalue weighted by Crippen LogP contribution is 2.25. The van der Waals surface area contributed by atoms with Crippen LogP contribution in [-0.2, 0) is 17.0 Å². The summed E-state index contributed by atoms with van der Waals surface area (Å²) < 4.78 is 9.05. The van der Waals surface area contributed by atoms with Gasteiger partial charge in [-0.05, 0) is 19.1 Å². The van der Waals surface area contributed by atoms with Gasteiger partial charge in [-0.1, -0.05) is 17.8 Å². The molecule has 0 unspecified atom stereocenters. The second kappa shape index (κ2) is 7.46. The van der Waals surface area contributed by atoms with Crippen LogP contribution in [0.4, 0.5) is 5.95 Å². The molecular formula is C17H20N6O2S. The minimum Gasteiger partial charge on any atom is -0.378 e. The van der Waals surface area contributed by atoms with Crippen LogP contribution in [0.5, 0.6) is 0 Å². The first-order valence-corrected chi connectivity index (χ1v) is 9.61. The van der Waals surface area contributed by atoms with Crippen molar-refractivity contribution in [2.24, 2.45) is 0 Å². The van der Waals surface area contributed by atoms with Gasteiger partial charge in [0, 0.05) is 37.7 Å². The zero-order chi connectivity index (χ0) is 17.9. The van der Waals surface area contributed by atoms with E-state index in [1.165, 1.54) is 0 Å². The van der Waals surface area contributed by atoms with E-state index in [0.29, 0.717) is 24.6 Å². The second-order valence-corrected chi connectivity index (χ2v) is 6.87. The van der Waals surface area contributed by atoms with Crippen LogP contribution in [0.15, 0.2) is 40.4 Å². The summed E-state index contributed by atoms with van der Waals surface area (Å²) in [5.41, 5.74) is 1.32. The highest BCUT2D eigenvalue weighted by atomic mass is 32.2. The molecule has 0 radical (unpaired) electrons. The van der Waals surface area contributed by atoms with Crippen LogP contribution < -0.4 is 10.5 Å². The zero-order valence-corrected chi connectivity index (χ0v) is 15.4. The first-order valence-electron chi connectivity index (χ1n) is 8.62. The van der Waals surface area contributed by atoms with Crippen LogP contribution in [-0.4, -0.2) is 50.5 Å². The van der Waals surface area contributed by atoms with E-state index in [0.717, 1.165) is 36.4 Å². The maximum Gasteiger partial charge on any atom is 0.258 e. The number of anilines is 1. The van der Waals surface area contributed by atoms with Crippen LogP contribution in [0.3, 0.4) is 0 Å². The Morgan fingerprint density at radius 3 is 2.88 bits per heavy atom. The number of thioether (sulfide) groups is 1. The van der Waals surface area contributed by atoms with Gasteiger partial charge >= 0.3 is 0 Å². The van der Waals surface area contributed by atoms with Crippen molar-refractivity contribution in [1.29, 1.82) is 0 Å². The molecule has 1 aliphatic heterocycles. The molecule has 1 aliphatic rings. The van der Waals surface area contributed by atoms with Crippen LogP contribution >= 0.6 is 11.8 Å². The van der Waals surface area contributed by atoms with Crippen molar-refractivity contribution in [1.82, 2.24) is 24.1 Å². The summed E-state index contributed by atoms with van der Waals surface area (Å²) in [5.74, 6) is 1.45. The van der Waals surface area contributed by atoms with Crippen molar-refractivity contribution in [2.75, 3.05) is 31.2 Å². The molecule has 136 valence electrons. The quantitative estimate of drug-likeness (QED) is 0.627. The van der Waals surface area contributed by atoms with Crippen molar-refractivity contribution in [3.63, 3.8) is 0 Å². The fraction of sp³-hybridized carbons (Fsp3) is 0.412. The summed E-state index contributed by atoms with van der Waals surface area (Å²) in [5, 5.41) is 9.55. The van der Waals surface area contributed by atoms with Crippen LogP contribution in [0.1, 0.15) is 12.6 Å².